The third-order valence-corrected chi connectivity index (χ3v) is 6.42. The van der Waals surface area contributed by atoms with Crippen molar-refractivity contribution in [1.82, 2.24) is 16.0 Å². The van der Waals surface area contributed by atoms with Crippen LogP contribution in [0.25, 0.3) is 0 Å². The van der Waals surface area contributed by atoms with E-state index >= 15 is 0 Å². The summed E-state index contributed by atoms with van der Waals surface area (Å²) < 4.78 is 0. The van der Waals surface area contributed by atoms with Gasteiger partial charge in [-0.1, -0.05) is 73.5 Å². The summed E-state index contributed by atoms with van der Waals surface area (Å²) in [4.78, 5) is 38.5. The van der Waals surface area contributed by atoms with E-state index < -0.39 is 36.8 Å². The van der Waals surface area contributed by atoms with Crippen molar-refractivity contribution in [3.63, 3.8) is 0 Å². The first-order valence-corrected chi connectivity index (χ1v) is 13.6. The van der Waals surface area contributed by atoms with E-state index in [1.54, 1.807) is 30.3 Å². The van der Waals surface area contributed by atoms with E-state index in [9.17, 15) is 29.7 Å². The van der Waals surface area contributed by atoms with Crippen LogP contribution in [0.4, 0.5) is 0 Å². The number of rotatable bonds is 14. The molecule has 40 heavy (non-hydrogen) atoms. The maximum Gasteiger partial charge on any atom is 0.475 e. The monoisotopic (exact) mass is 586 g/mol. The number of nitrogens with one attached hydrogen (secondary N) is 3. The number of allylic oxidation sites excluding steroid dienone is 1. The molecular weight excluding hydrogens is 554 g/mol. The first-order valence-electron chi connectivity index (χ1n) is 12.9. The molecule has 212 valence electrons. The molecule has 0 saturated carbocycles. The van der Waals surface area contributed by atoms with Gasteiger partial charge in [0.1, 0.15) is 17.7 Å². The van der Waals surface area contributed by atoms with E-state index in [1.165, 1.54) is 18.2 Å². The number of hydrogen-bond donors (Lipinski definition) is 5. The first-order chi connectivity index (χ1) is 19.0. The average Bonchev–Trinajstić information content (AvgIpc) is 2.91. The topological polar surface area (TPSA) is 152 Å². The Kier molecular flexibility index (Phi) is 13.7. The van der Waals surface area contributed by atoms with Crippen LogP contribution in [-0.4, -0.2) is 53.4 Å². The molecule has 0 aliphatic heterocycles. The number of halogens is 2. The lowest BCUT2D eigenvalue weighted by atomic mass is 9.75. The van der Waals surface area contributed by atoms with Gasteiger partial charge in [-0.3, -0.25) is 14.4 Å². The molecule has 0 fully saturated rings. The largest absolute Gasteiger partial charge is 0.475 e. The van der Waals surface area contributed by atoms with Crippen LogP contribution in [0.1, 0.15) is 49.0 Å². The van der Waals surface area contributed by atoms with Crippen LogP contribution in [0, 0.1) is 17.2 Å². The molecule has 0 spiro atoms. The highest BCUT2D eigenvalue weighted by atomic mass is 35.5. The summed E-state index contributed by atoms with van der Waals surface area (Å²) in [5.74, 6) is -2.70. The van der Waals surface area contributed by atoms with Gasteiger partial charge in [-0.2, -0.15) is 5.26 Å². The highest BCUT2D eigenvalue weighted by molar-refractivity contribution is 6.43. The zero-order valence-electron chi connectivity index (χ0n) is 22.4. The van der Waals surface area contributed by atoms with Crippen LogP contribution in [0.5, 0.6) is 0 Å². The van der Waals surface area contributed by atoms with Crippen molar-refractivity contribution in [3.05, 3.63) is 81.4 Å². The minimum Gasteiger partial charge on any atom is -0.426 e. The maximum atomic E-state index is 13.2. The van der Waals surface area contributed by atoms with Gasteiger partial charge in [0.05, 0.1) is 16.5 Å². The normalized spacial score (nSPS) is 12.7. The fourth-order valence-electron chi connectivity index (χ4n) is 3.83. The number of nitrogens with zero attached hydrogens (tertiary/aromatic N) is 1. The van der Waals surface area contributed by atoms with Crippen molar-refractivity contribution in [2.45, 2.75) is 51.5 Å². The number of benzene rings is 2. The Morgan fingerprint density at radius 2 is 1.75 bits per heavy atom. The van der Waals surface area contributed by atoms with Gasteiger partial charge in [0, 0.05) is 11.6 Å². The number of nitriles is 1. The predicted molar refractivity (Wildman–Crippen MR) is 155 cm³/mol. The summed E-state index contributed by atoms with van der Waals surface area (Å²) in [7, 11) is -1.84. The Labute approximate surface area is 244 Å². The van der Waals surface area contributed by atoms with Crippen LogP contribution in [-0.2, 0) is 16.0 Å². The van der Waals surface area contributed by atoms with E-state index in [4.69, 9.17) is 23.2 Å². The summed E-state index contributed by atoms with van der Waals surface area (Å²) in [6, 6.07) is 14.2. The number of hydrogen-bond acceptors (Lipinski definition) is 6. The van der Waals surface area contributed by atoms with Gasteiger partial charge < -0.3 is 26.0 Å². The van der Waals surface area contributed by atoms with Crippen molar-refractivity contribution in [1.29, 1.82) is 5.26 Å². The van der Waals surface area contributed by atoms with Crippen LogP contribution in [0.2, 0.25) is 10.0 Å². The predicted octanol–water partition coefficient (Wildman–Crippen LogP) is 3.22. The van der Waals surface area contributed by atoms with Gasteiger partial charge in [-0.15, -0.1) is 0 Å². The number of amides is 3. The van der Waals surface area contributed by atoms with Gasteiger partial charge in [-0.25, -0.2) is 0 Å². The minimum atomic E-state index is -1.84. The highest BCUT2D eigenvalue weighted by Crippen LogP contribution is 2.21. The lowest BCUT2D eigenvalue weighted by molar-refractivity contribution is -0.123. The van der Waals surface area contributed by atoms with E-state index in [2.05, 4.69) is 16.0 Å². The molecule has 2 aromatic carbocycles. The van der Waals surface area contributed by atoms with Gasteiger partial charge >= 0.3 is 7.12 Å². The number of carbonyl (C=O) groups is 3. The van der Waals surface area contributed by atoms with Crippen molar-refractivity contribution in [2.24, 2.45) is 5.92 Å². The summed E-state index contributed by atoms with van der Waals surface area (Å²) >= 11 is 12.2. The fourth-order valence-corrected chi connectivity index (χ4v) is 4.20. The molecule has 0 aliphatic rings. The van der Waals surface area contributed by atoms with Crippen LogP contribution < -0.4 is 16.0 Å². The van der Waals surface area contributed by atoms with E-state index in [-0.39, 0.29) is 41.5 Å². The molecular formula is C28H33BCl2N4O5. The van der Waals surface area contributed by atoms with E-state index in [0.717, 1.165) is 5.56 Å². The Hall–Kier alpha value is -3.36. The van der Waals surface area contributed by atoms with Crippen LogP contribution >= 0.6 is 23.2 Å². The zero-order chi connectivity index (χ0) is 29.7. The van der Waals surface area contributed by atoms with Gasteiger partial charge in [-0.05, 0) is 55.4 Å². The maximum absolute atomic E-state index is 13.2. The molecule has 0 saturated heterocycles. The highest BCUT2D eigenvalue weighted by Gasteiger charge is 2.30. The molecule has 2 rings (SSSR count). The second-order valence-electron chi connectivity index (χ2n) is 9.56. The quantitative estimate of drug-likeness (QED) is 0.0992. The molecule has 9 nitrogen and oxygen atoms in total. The average molecular weight is 587 g/mol. The lowest BCUT2D eigenvalue weighted by Crippen LogP contribution is -2.54. The molecule has 0 heterocycles. The molecule has 0 aliphatic carbocycles. The SMILES string of the molecule is CC(C)/C=C(\C#N)C(=O)NCCCC[C@H](NC(=O)c1cc(Cl)ccc1Cl)C(=O)N[C@@H](Cc1ccccc1)B(O)O. The van der Waals surface area contributed by atoms with Crippen LogP contribution in [0.3, 0.4) is 0 Å². The molecule has 2 aromatic rings. The van der Waals surface area contributed by atoms with Gasteiger partial charge in [0.2, 0.25) is 5.91 Å². The van der Waals surface area contributed by atoms with Crippen molar-refractivity contribution < 1.29 is 24.4 Å². The smallest absolute Gasteiger partial charge is 0.426 e. The Morgan fingerprint density at radius 1 is 1.05 bits per heavy atom. The Bertz CT molecular complexity index is 1230. The van der Waals surface area contributed by atoms with E-state index in [0.29, 0.717) is 17.9 Å². The second-order valence-corrected chi connectivity index (χ2v) is 10.4. The molecule has 0 radical (unpaired) electrons. The fraction of sp³-hybridized carbons (Fsp3) is 0.357. The molecule has 0 bridgehead atoms. The van der Waals surface area contributed by atoms with Gasteiger partial charge in [0.25, 0.3) is 11.8 Å². The summed E-state index contributed by atoms with van der Waals surface area (Å²) in [5, 5.41) is 37.4. The number of unbranched alkanes of at least 4 members (excludes halogenated alkanes) is 1. The standard InChI is InChI=1S/C28H33BCl2N4O5/c1-18(2)14-20(17-32)26(36)33-13-7-6-10-24(34-27(37)22-16-21(30)11-12-23(22)31)28(38)35-25(29(39)40)15-19-8-4-3-5-9-19/h3-5,8-9,11-12,14,16,18,24-25,39-40H,6-7,10,13,15H2,1-2H3,(H,33,36)(H,34,37)(H,35,38)/b20-14+/t24-,25-/m0/s1. The zero-order valence-corrected chi connectivity index (χ0v) is 23.9. The first kappa shape index (κ1) is 32.9. The Morgan fingerprint density at radius 3 is 2.38 bits per heavy atom. The third kappa shape index (κ3) is 11.0. The van der Waals surface area contributed by atoms with Crippen LogP contribution in [0.15, 0.2) is 60.2 Å². The second kappa shape index (κ2) is 16.7. The van der Waals surface area contributed by atoms with Crippen molar-refractivity contribution >= 4 is 48.0 Å². The molecule has 0 aromatic heterocycles. The summed E-state index contributed by atoms with van der Waals surface area (Å²) in [6.07, 6.45) is 2.79. The molecule has 3 amide bonds. The molecule has 5 N–H and O–H groups in total. The van der Waals surface area contributed by atoms with Gasteiger partial charge in [0.15, 0.2) is 0 Å². The molecule has 0 unspecified atom stereocenters. The number of carbonyl (C=O) groups excluding carboxylic acids is 3. The molecule has 2 atom stereocenters. The van der Waals surface area contributed by atoms with Crippen molar-refractivity contribution in [2.75, 3.05) is 6.54 Å². The minimum absolute atomic E-state index is 0.0323. The van der Waals surface area contributed by atoms with E-state index in [1.807, 2.05) is 26.0 Å². The Balaban J connectivity index is 2.09. The van der Waals surface area contributed by atoms with Crippen molar-refractivity contribution in [3.8, 4) is 6.07 Å². The summed E-state index contributed by atoms with van der Waals surface area (Å²) in [5.41, 5.74) is 0.902. The molecule has 12 heteroatoms. The third-order valence-electron chi connectivity index (χ3n) is 5.85. The lowest BCUT2D eigenvalue weighted by Gasteiger charge is -2.23. The summed E-state index contributed by atoms with van der Waals surface area (Å²) in [6.45, 7) is 3.98.